The van der Waals surface area contributed by atoms with E-state index in [4.69, 9.17) is 5.11 Å². The predicted octanol–water partition coefficient (Wildman–Crippen LogP) is 3.91. The van der Waals surface area contributed by atoms with E-state index in [1.807, 2.05) is 42.6 Å². The summed E-state index contributed by atoms with van der Waals surface area (Å²) in [5.41, 5.74) is 3.17. The second-order valence-corrected chi connectivity index (χ2v) is 4.93. The van der Waals surface area contributed by atoms with Crippen LogP contribution in [0, 0.1) is 0 Å². The Kier molecular flexibility index (Phi) is 6.42. The summed E-state index contributed by atoms with van der Waals surface area (Å²) in [6, 6.07) is 11.7. The molecule has 0 bridgehead atoms. The zero-order valence-corrected chi connectivity index (χ0v) is 12.9. The molecule has 0 saturated carbocycles. The van der Waals surface area contributed by atoms with Crippen molar-refractivity contribution in [2.75, 3.05) is 0 Å². The van der Waals surface area contributed by atoms with Gasteiger partial charge in [0.25, 0.3) is 0 Å². The maximum absolute atomic E-state index is 10.7. The van der Waals surface area contributed by atoms with Crippen molar-refractivity contribution in [3.05, 3.63) is 70.0 Å². The molecule has 2 aromatic rings. The van der Waals surface area contributed by atoms with Crippen molar-refractivity contribution in [3.63, 3.8) is 0 Å². The van der Waals surface area contributed by atoms with Gasteiger partial charge in [0.1, 0.15) is 4.48 Å². The third-order valence-electron chi connectivity index (χ3n) is 2.61. The van der Waals surface area contributed by atoms with Crippen LogP contribution in [-0.2, 0) is 11.2 Å². The van der Waals surface area contributed by atoms with E-state index >= 15 is 0 Å². The highest BCUT2D eigenvalue weighted by Crippen LogP contribution is 2.15. The Balaban J connectivity index is 0.00000200. The summed E-state index contributed by atoms with van der Waals surface area (Å²) in [6.45, 7) is 0. The molecule has 1 heterocycles. The summed E-state index contributed by atoms with van der Waals surface area (Å²) in [4.78, 5) is 14.8. The average molecular weight is 355 g/mol. The molecule has 0 fully saturated rings. The fourth-order valence-electron chi connectivity index (χ4n) is 1.68. The molecule has 0 aliphatic carbocycles. The van der Waals surface area contributed by atoms with Gasteiger partial charge in [-0.2, -0.15) is 0 Å². The Morgan fingerprint density at radius 1 is 1.20 bits per heavy atom. The topological polar surface area (TPSA) is 50.2 Å². The maximum atomic E-state index is 10.7. The Hall–Kier alpha value is -1.65. The van der Waals surface area contributed by atoms with Crippen LogP contribution in [0.4, 0.5) is 0 Å². The molecule has 0 radical (unpaired) electrons. The molecule has 0 amide bonds. The van der Waals surface area contributed by atoms with Crippen molar-refractivity contribution < 1.29 is 9.90 Å². The number of carboxylic acids is 1. The maximum Gasteiger partial charge on any atom is 0.342 e. The van der Waals surface area contributed by atoms with Crippen LogP contribution < -0.4 is 0 Å². The molecular weight excluding hydrogens is 342 g/mol. The third-order valence-corrected chi connectivity index (χ3v) is 3.18. The van der Waals surface area contributed by atoms with Gasteiger partial charge < -0.3 is 5.11 Å². The second kappa shape index (κ2) is 7.82. The van der Waals surface area contributed by atoms with Gasteiger partial charge in [0, 0.05) is 12.4 Å². The Labute approximate surface area is 131 Å². The van der Waals surface area contributed by atoms with Gasteiger partial charge in [-0.25, -0.2) is 4.79 Å². The first-order valence-electron chi connectivity index (χ1n) is 5.73. The number of hydrogen-bond acceptors (Lipinski definition) is 2. The average Bonchev–Trinajstić information content (AvgIpc) is 2.42. The molecule has 1 aromatic heterocycles. The number of hydrogen-bond donors (Lipinski definition) is 1. The zero-order chi connectivity index (χ0) is 13.7. The summed E-state index contributed by atoms with van der Waals surface area (Å²) >= 11 is 3.00. The van der Waals surface area contributed by atoms with Crippen LogP contribution in [0.15, 0.2) is 53.3 Å². The van der Waals surface area contributed by atoms with Gasteiger partial charge in [0.15, 0.2) is 0 Å². The number of halogens is 2. The molecule has 0 aliphatic heterocycles. The van der Waals surface area contributed by atoms with Crippen molar-refractivity contribution in [1.82, 2.24) is 4.98 Å². The summed E-state index contributed by atoms with van der Waals surface area (Å²) in [5, 5.41) is 8.77. The molecule has 1 aromatic carbocycles. The van der Waals surface area contributed by atoms with Crippen molar-refractivity contribution in [3.8, 4) is 0 Å². The zero-order valence-electron chi connectivity index (χ0n) is 10.5. The summed E-state index contributed by atoms with van der Waals surface area (Å²) in [6.07, 6.45) is 5.99. The van der Waals surface area contributed by atoms with E-state index in [9.17, 15) is 4.79 Å². The Morgan fingerprint density at radius 2 is 1.90 bits per heavy atom. The first kappa shape index (κ1) is 16.4. The normalized spacial score (nSPS) is 10.8. The molecule has 20 heavy (non-hydrogen) atoms. The number of carboxylic acid groups (broad SMARTS) is 1. The van der Waals surface area contributed by atoms with Gasteiger partial charge in [-0.3, -0.25) is 4.98 Å². The number of nitrogens with zero attached hydrogens (tertiary/aromatic N) is 1. The van der Waals surface area contributed by atoms with Gasteiger partial charge >= 0.3 is 5.97 Å². The third kappa shape index (κ3) is 4.79. The molecule has 0 unspecified atom stereocenters. The fraction of sp³-hybridized carbons (Fsp3) is 0.0667. The van der Waals surface area contributed by atoms with E-state index in [2.05, 4.69) is 20.9 Å². The summed E-state index contributed by atoms with van der Waals surface area (Å²) in [7, 11) is 0. The van der Waals surface area contributed by atoms with Crippen molar-refractivity contribution in [1.29, 1.82) is 0 Å². The van der Waals surface area contributed by atoms with E-state index in [1.54, 1.807) is 12.3 Å². The number of aromatic nitrogens is 1. The minimum atomic E-state index is -0.973. The highest BCUT2D eigenvalue weighted by atomic mass is 79.9. The lowest BCUT2D eigenvalue weighted by Crippen LogP contribution is -1.93. The van der Waals surface area contributed by atoms with Crippen molar-refractivity contribution in [2.45, 2.75) is 6.42 Å². The molecule has 0 spiro atoms. The largest absolute Gasteiger partial charge is 0.477 e. The monoisotopic (exact) mass is 353 g/mol. The number of pyridine rings is 1. The highest BCUT2D eigenvalue weighted by Gasteiger charge is 2.02. The molecule has 0 saturated heterocycles. The lowest BCUT2D eigenvalue weighted by molar-refractivity contribution is -0.131. The van der Waals surface area contributed by atoms with Crippen LogP contribution >= 0.6 is 28.3 Å². The van der Waals surface area contributed by atoms with Gasteiger partial charge in [-0.15, -0.1) is 12.4 Å². The molecule has 5 heteroatoms. The lowest BCUT2D eigenvalue weighted by atomic mass is 10.0. The van der Waals surface area contributed by atoms with E-state index in [0.29, 0.717) is 0 Å². The smallest absolute Gasteiger partial charge is 0.342 e. The highest BCUT2D eigenvalue weighted by molar-refractivity contribution is 9.12. The fourth-order valence-corrected chi connectivity index (χ4v) is 1.94. The van der Waals surface area contributed by atoms with Crippen LogP contribution in [0.5, 0.6) is 0 Å². The van der Waals surface area contributed by atoms with Crippen LogP contribution in [-0.4, -0.2) is 16.1 Å². The molecule has 104 valence electrons. The number of benzene rings is 1. The minimum Gasteiger partial charge on any atom is -0.477 e. The molecular formula is C15H13BrClNO2. The van der Waals surface area contributed by atoms with E-state index in [-0.39, 0.29) is 16.9 Å². The second-order valence-electron chi connectivity index (χ2n) is 4.08. The predicted molar refractivity (Wildman–Crippen MR) is 85.3 cm³/mol. The summed E-state index contributed by atoms with van der Waals surface area (Å²) < 4.78 is 0.146. The summed E-state index contributed by atoms with van der Waals surface area (Å²) in [5.74, 6) is -0.973. The van der Waals surface area contributed by atoms with Crippen LogP contribution in [0.1, 0.15) is 16.7 Å². The van der Waals surface area contributed by atoms with Gasteiger partial charge in [-0.05, 0) is 51.2 Å². The van der Waals surface area contributed by atoms with E-state index < -0.39 is 5.97 Å². The number of rotatable bonds is 4. The molecule has 2 rings (SSSR count). The van der Waals surface area contributed by atoms with Crippen molar-refractivity contribution >= 4 is 40.4 Å². The SMILES string of the molecule is Cl.O=C(O)/C(Br)=C/c1ccc(Cc2cccnc2)cc1. The van der Waals surface area contributed by atoms with Crippen molar-refractivity contribution in [2.24, 2.45) is 0 Å². The number of aliphatic carboxylic acids is 1. The van der Waals surface area contributed by atoms with Crippen LogP contribution in [0.25, 0.3) is 6.08 Å². The standard InChI is InChI=1S/C15H12BrNO2.ClH/c16-14(15(18)19)9-12-5-3-11(4-6-12)8-13-2-1-7-17-10-13;/h1-7,9-10H,8H2,(H,18,19);1H/b14-9-;. The molecule has 0 atom stereocenters. The van der Waals surface area contributed by atoms with Gasteiger partial charge in [0.05, 0.1) is 0 Å². The first-order chi connectivity index (χ1) is 9.15. The number of carbonyl (C=O) groups is 1. The molecule has 1 N–H and O–H groups in total. The molecule has 0 aliphatic rings. The lowest BCUT2D eigenvalue weighted by Gasteiger charge is -2.02. The van der Waals surface area contributed by atoms with Crippen LogP contribution in [0.3, 0.4) is 0 Å². The van der Waals surface area contributed by atoms with E-state index in [1.165, 1.54) is 0 Å². The van der Waals surface area contributed by atoms with Gasteiger partial charge in [-0.1, -0.05) is 30.3 Å². The van der Waals surface area contributed by atoms with Crippen LogP contribution in [0.2, 0.25) is 0 Å². The Morgan fingerprint density at radius 3 is 2.45 bits per heavy atom. The van der Waals surface area contributed by atoms with E-state index in [0.717, 1.165) is 23.1 Å². The first-order valence-corrected chi connectivity index (χ1v) is 6.53. The quantitative estimate of drug-likeness (QED) is 0.847. The Bertz CT molecular complexity index is 597. The minimum absolute atomic E-state index is 0. The molecule has 3 nitrogen and oxygen atoms in total. The van der Waals surface area contributed by atoms with Gasteiger partial charge in [0.2, 0.25) is 0 Å².